The van der Waals surface area contributed by atoms with E-state index in [0.29, 0.717) is 49.7 Å². The summed E-state index contributed by atoms with van der Waals surface area (Å²) in [5.41, 5.74) is 0.0237. The van der Waals surface area contributed by atoms with Crippen LogP contribution in [0.2, 0.25) is 0 Å². The maximum Gasteiger partial charge on any atom is 0.342 e. The standard InChI is InChI=1S/C46H58O16/c1-59-33-17-25-13-23-15-31(21-29(51)19-27(49)9-5-3-7-11-47)61-45(57)37(23)41(53)35(25)43(55)39(33)40-34(60-2)18-26-14-24-16-32(22-30(52)20-28(50)10-6-4-8-12-48)62-46(58)38(24)42(54)36(26)44(40)56/h13-14,17-18,27-32,47-56H,3-12,15-16,19-22H2,1-2H3/t27-,28-,29-,30-,31+,32+/m1/s1. The number of ether oxygens (including phenoxy) is 4. The quantitative estimate of drug-likeness (QED) is 0.0399. The highest BCUT2D eigenvalue weighted by molar-refractivity contribution is 6.13. The minimum Gasteiger partial charge on any atom is -0.506 e. The number of phenolic OH excluding ortho intramolecular Hbond substituents is 4. The molecule has 0 saturated carbocycles. The highest BCUT2D eigenvalue weighted by atomic mass is 16.6. The molecule has 10 N–H and O–H groups in total. The van der Waals surface area contributed by atoms with Crippen molar-refractivity contribution in [1.82, 2.24) is 0 Å². The summed E-state index contributed by atoms with van der Waals surface area (Å²) in [4.78, 5) is 26.8. The average Bonchev–Trinajstić information content (AvgIpc) is 3.20. The van der Waals surface area contributed by atoms with Gasteiger partial charge in [-0.05, 0) is 84.7 Å². The second-order valence-corrected chi connectivity index (χ2v) is 16.5. The lowest BCUT2D eigenvalue weighted by Gasteiger charge is -2.29. The molecule has 338 valence electrons. The van der Waals surface area contributed by atoms with E-state index in [1.165, 1.54) is 26.4 Å². The molecule has 0 aromatic heterocycles. The normalized spacial score (nSPS) is 18.1. The summed E-state index contributed by atoms with van der Waals surface area (Å²) < 4.78 is 22.6. The van der Waals surface area contributed by atoms with Crippen LogP contribution in [0.25, 0.3) is 32.7 Å². The van der Waals surface area contributed by atoms with Gasteiger partial charge in [0.15, 0.2) is 0 Å². The van der Waals surface area contributed by atoms with Gasteiger partial charge >= 0.3 is 11.9 Å². The number of carbonyl (C=O) groups excluding carboxylic acids is 2. The number of cyclic esters (lactones) is 2. The van der Waals surface area contributed by atoms with Crippen LogP contribution in [0.4, 0.5) is 0 Å². The van der Waals surface area contributed by atoms with E-state index in [1.54, 1.807) is 12.1 Å². The molecule has 0 aliphatic carbocycles. The fourth-order valence-electron chi connectivity index (χ4n) is 8.97. The number of aromatic hydroxyl groups is 4. The molecule has 16 heteroatoms. The number of methoxy groups -OCH3 is 2. The Morgan fingerprint density at radius 1 is 0.548 bits per heavy atom. The molecule has 2 aliphatic heterocycles. The monoisotopic (exact) mass is 866 g/mol. The zero-order valence-corrected chi connectivity index (χ0v) is 35.0. The minimum absolute atomic E-state index is 0.00849. The fourth-order valence-corrected chi connectivity index (χ4v) is 8.97. The Kier molecular flexibility index (Phi) is 15.3. The van der Waals surface area contributed by atoms with Crippen molar-refractivity contribution in [2.45, 2.75) is 127 Å². The molecule has 0 spiro atoms. The van der Waals surface area contributed by atoms with Crippen LogP contribution in [0.15, 0.2) is 24.3 Å². The molecule has 0 unspecified atom stereocenters. The first-order valence-corrected chi connectivity index (χ1v) is 21.2. The number of fused-ring (bicyclic) bond motifs is 4. The van der Waals surface area contributed by atoms with Crippen molar-refractivity contribution < 1.29 is 79.6 Å². The van der Waals surface area contributed by atoms with Crippen LogP contribution in [0.1, 0.15) is 109 Å². The number of hydrogen-bond acceptors (Lipinski definition) is 16. The number of unbranched alkanes of at least 4 members (excludes halogenated alkanes) is 4. The van der Waals surface area contributed by atoms with E-state index in [1.807, 2.05) is 0 Å². The Bertz CT molecular complexity index is 2100. The van der Waals surface area contributed by atoms with Gasteiger partial charge in [-0.25, -0.2) is 9.59 Å². The van der Waals surface area contributed by atoms with Crippen LogP contribution >= 0.6 is 0 Å². The van der Waals surface area contributed by atoms with Gasteiger partial charge in [-0.3, -0.25) is 0 Å². The number of esters is 2. The second kappa shape index (κ2) is 20.4. The largest absolute Gasteiger partial charge is 0.506 e. The van der Waals surface area contributed by atoms with E-state index in [9.17, 15) is 50.4 Å². The third-order valence-electron chi connectivity index (χ3n) is 11.9. The van der Waals surface area contributed by atoms with Crippen molar-refractivity contribution in [2.24, 2.45) is 0 Å². The van der Waals surface area contributed by atoms with E-state index < -0.39 is 71.6 Å². The van der Waals surface area contributed by atoms with Crippen molar-refractivity contribution in [3.05, 3.63) is 46.5 Å². The topological polar surface area (TPSA) is 273 Å². The number of phenols is 4. The molecule has 4 aromatic carbocycles. The summed E-state index contributed by atoms with van der Waals surface area (Å²) >= 11 is 0. The fraction of sp³-hybridized carbons (Fsp3) is 0.522. The third-order valence-corrected chi connectivity index (χ3v) is 11.9. The number of hydrogen-bond donors (Lipinski definition) is 10. The van der Waals surface area contributed by atoms with Crippen LogP contribution in [0.3, 0.4) is 0 Å². The molecule has 0 fully saturated rings. The Labute approximate surface area is 358 Å². The summed E-state index contributed by atoms with van der Waals surface area (Å²) in [7, 11) is 2.64. The summed E-state index contributed by atoms with van der Waals surface area (Å²) in [5, 5.41) is 107. The van der Waals surface area contributed by atoms with Crippen molar-refractivity contribution in [1.29, 1.82) is 0 Å². The molecule has 62 heavy (non-hydrogen) atoms. The van der Waals surface area contributed by atoms with E-state index in [0.717, 1.165) is 12.8 Å². The molecule has 0 amide bonds. The van der Waals surface area contributed by atoms with E-state index in [-0.39, 0.29) is 107 Å². The minimum atomic E-state index is -0.982. The Hall–Kier alpha value is -5.10. The first-order chi connectivity index (χ1) is 29.7. The summed E-state index contributed by atoms with van der Waals surface area (Å²) in [6.45, 7) is 0.143. The predicted molar refractivity (Wildman–Crippen MR) is 226 cm³/mol. The molecule has 16 nitrogen and oxygen atoms in total. The molecule has 6 atom stereocenters. The zero-order valence-electron chi connectivity index (χ0n) is 35.0. The number of benzene rings is 4. The van der Waals surface area contributed by atoms with Gasteiger partial charge in [0, 0.05) is 38.9 Å². The Balaban J connectivity index is 1.30. The van der Waals surface area contributed by atoms with Crippen LogP contribution in [-0.2, 0) is 22.3 Å². The molecule has 2 heterocycles. The maximum atomic E-state index is 13.4. The van der Waals surface area contributed by atoms with E-state index in [2.05, 4.69) is 0 Å². The van der Waals surface area contributed by atoms with Crippen LogP contribution < -0.4 is 9.47 Å². The first-order valence-electron chi connectivity index (χ1n) is 21.2. The van der Waals surface area contributed by atoms with Gasteiger partial charge in [-0.15, -0.1) is 0 Å². The maximum absolute atomic E-state index is 13.4. The van der Waals surface area contributed by atoms with Gasteiger partial charge < -0.3 is 70.0 Å². The van der Waals surface area contributed by atoms with Gasteiger partial charge in [0.05, 0.1) is 60.5 Å². The lowest BCUT2D eigenvalue weighted by molar-refractivity contribution is -0.000856. The number of aliphatic hydroxyl groups excluding tert-OH is 6. The molecular formula is C46H58O16. The number of rotatable bonds is 21. The number of carbonyl (C=O) groups is 2. The summed E-state index contributed by atoms with van der Waals surface area (Å²) in [5.74, 6) is -4.20. The smallest absolute Gasteiger partial charge is 0.342 e. The predicted octanol–water partition coefficient (Wildman–Crippen LogP) is 4.77. The Morgan fingerprint density at radius 3 is 1.27 bits per heavy atom. The highest BCUT2D eigenvalue weighted by Gasteiger charge is 2.37. The second-order valence-electron chi connectivity index (χ2n) is 16.5. The zero-order chi connectivity index (χ0) is 44.8. The SMILES string of the molecule is COc1cc2cc3c(c(O)c2c(O)c1-c1c(OC)cc2cc4c(c(O)c2c1O)C(=O)O[C@H](C[C@H](O)C[C@H](O)CCCCCO)C4)C(=O)O[C@H](C[C@H](O)C[C@H](O)CCCCCO)C3. The van der Waals surface area contributed by atoms with E-state index >= 15 is 0 Å². The molecule has 0 radical (unpaired) electrons. The first kappa shape index (κ1) is 46.4. The van der Waals surface area contributed by atoms with Crippen LogP contribution in [-0.4, -0.2) is 127 Å². The molecular weight excluding hydrogens is 808 g/mol. The van der Waals surface area contributed by atoms with Crippen molar-refractivity contribution in [3.63, 3.8) is 0 Å². The van der Waals surface area contributed by atoms with Gasteiger partial charge in [-0.1, -0.05) is 25.7 Å². The molecule has 0 saturated heterocycles. The van der Waals surface area contributed by atoms with Crippen molar-refractivity contribution in [3.8, 4) is 45.6 Å². The van der Waals surface area contributed by atoms with E-state index in [4.69, 9.17) is 29.2 Å². The summed E-state index contributed by atoms with van der Waals surface area (Å²) in [6, 6.07) is 6.14. The lowest BCUT2D eigenvalue weighted by Crippen LogP contribution is -2.32. The average molecular weight is 867 g/mol. The molecule has 0 bridgehead atoms. The molecule has 2 aliphatic rings. The van der Waals surface area contributed by atoms with Gasteiger partial charge in [0.2, 0.25) is 0 Å². The Morgan fingerprint density at radius 2 is 0.919 bits per heavy atom. The van der Waals surface area contributed by atoms with Crippen molar-refractivity contribution in [2.75, 3.05) is 27.4 Å². The van der Waals surface area contributed by atoms with Gasteiger partial charge in [0.1, 0.15) is 57.8 Å². The lowest BCUT2D eigenvalue weighted by atomic mass is 9.87. The summed E-state index contributed by atoms with van der Waals surface area (Å²) in [6.07, 6.45) is 0.399. The van der Waals surface area contributed by atoms with Crippen LogP contribution in [0.5, 0.6) is 34.5 Å². The highest BCUT2D eigenvalue weighted by Crippen LogP contribution is 2.56. The van der Waals surface area contributed by atoms with Gasteiger partial charge in [-0.2, -0.15) is 0 Å². The third kappa shape index (κ3) is 9.90. The van der Waals surface area contributed by atoms with Crippen molar-refractivity contribution >= 4 is 33.5 Å². The molecule has 6 rings (SSSR count). The number of aliphatic hydroxyl groups is 6. The van der Waals surface area contributed by atoms with Crippen LogP contribution in [0, 0.1) is 0 Å². The van der Waals surface area contributed by atoms with Gasteiger partial charge in [0.25, 0.3) is 0 Å². The molecule has 4 aromatic rings.